The average Bonchev–Trinajstić information content (AvgIpc) is 2.52. The molecule has 0 aliphatic heterocycles. The molecule has 0 atom stereocenters. The van der Waals surface area contributed by atoms with E-state index in [0.29, 0.717) is 6.42 Å². The van der Waals surface area contributed by atoms with Gasteiger partial charge in [-0.05, 0) is 12.0 Å². The Kier molecular flexibility index (Phi) is 4.89. The molecule has 0 saturated heterocycles. The van der Waals surface area contributed by atoms with Crippen LogP contribution in [0.3, 0.4) is 0 Å². The third-order valence-corrected chi connectivity index (χ3v) is 2.78. The van der Waals surface area contributed by atoms with Crippen molar-refractivity contribution in [1.29, 1.82) is 0 Å². The van der Waals surface area contributed by atoms with Crippen LogP contribution in [0.4, 0.5) is 0 Å². The lowest BCUT2D eigenvalue weighted by molar-refractivity contribution is -0.143. The van der Waals surface area contributed by atoms with E-state index in [4.69, 9.17) is 10.6 Å². The molecule has 20 heavy (non-hydrogen) atoms. The Bertz CT molecular complexity index is 580. The molecule has 2 N–H and O–H groups in total. The summed E-state index contributed by atoms with van der Waals surface area (Å²) >= 11 is 0. The van der Waals surface area contributed by atoms with Crippen molar-refractivity contribution >= 4 is 11.8 Å². The molecular weight excluding hydrogens is 252 g/mol. The molecule has 2 aromatic rings. The topological polar surface area (TPSA) is 64.7 Å². The Balaban J connectivity index is 1.83. The van der Waals surface area contributed by atoms with Crippen LogP contribution in [-0.2, 0) is 16.1 Å². The van der Waals surface area contributed by atoms with Crippen LogP contribution in [0, 0.1) is 0 Å². The van der Waals surface area contributed by atoms with E-state index in [2.05, 4.69) is 5.16 Å². The van der Waals surface area contributed by atoms with Gasteiger partial charge in [-0.1, -0.05) is 65.8 Å². The number of nitrogens with two attached hydrogens (primary N) is 1. The Morgan fingerprint density at radius 1 is 1.00 bits per heavy atom. The molecule has 2 aromatic carbocycles. The number of benzene rings is 2. The molecule has 4 heteroatoms. The van der Waals surface area contributed by atoms with Crippen LogP contribution in [0.5, 0.6) is 0 Å². The highest BCUT2D eigenvalue weighted by molar-refractivity contribution is 5.97. The lowest BCUT2D eigenvalue weighted by Gasteiger charge is -2.01. The maximum Gasteiger partial charge on any atom is 0.335 e. The van der Waals surface area contributed by atoms with Crippen LogP contribution >= 0.6 is 0 Å². The summed E-state index contributed by atoms with van der Waals surface area (Å²) < 4.78 is 0. The molecule has 0 saturated carbocycles. The lowest BCUT2D eigenvalue weighted by atomic mass is 10.1. The summed E-state index contributed by atoms with van der Waals surface area (Å²) in [6.07, 6.45) is 0.899. The van der Waals surface area contributed by atoms with E-state index in [9.17, 15) is 4.79 Å². The minimum Gasteiger partial charge on any atom is -0.380 e. The second-order valence-electron chi connectivity index (χ2n) is 4.29. The zero-order valence-corrected chi connectivity index (χ0v) is 11.0. The zero-order chi connectivity index (χ0) is 14.2. The van der Waals surface area contributed by atoms with Crippen molar-refractivity contribution in [2.45, 2.75) is 12.8 Å². The highest BCUT2D eigenvalue weighted by atomic mass is 16.7. The standard InChI is InChI=1S/C16H16N2O2/c17-16(14-9-5-2-6-10-14)18-20-15(19)12-11-13-7-3-1-4-8-13/h1-10H,11-12H2,(H2,17,18). The summed E-state index contributed by atoms with van der Waals surface area (Å²) in [6, 6.07) is 18.9. The van der Waals surface area contributed by atoms with E-state index in [1.54, 1.807) is 12.1 Å². The summed E-state index contributed by atoms with van der Waals surface area (Å²) in [5.41, 5.74) is 7.54. The quantitative estimate of drug-likeness (QED) is 0.392. The molecule has 0 bridgehead atoms. The number of aryl methyl sites for hydroxylation is 1. The number of rotatable bonds is 5. The number of oxime groups is 1. The Morgan fingerprint density at radius 2 is 1.60 bits per heavy atom. The molecule has 0 aliphatic carbocycles. The first kappa shape index (κ1) is 13.8. The summed E-state index contributed by atoms with van der Waals surface area (Å²) in [6.45, 7) is 0. The van der Waals surface area contributed by atoms with Crippen molar-refractivity contribution in [3.05, 3.63) is 71.8 Å². The monoisotopic (exact) mass is 268 g/mol. The van der Waals surface area contributed by atoms with Gasteiger partial charge in [0.25, 0.3) is 0 Å². The van der Waals surface area contributed by atoms with Gasteiger partial charge < -0.3 is 10.6 Å². The number of hydrogen-bond acceptors (Lipinski definition) is 3. The Labute approximate surface area is 117 Å². The third kappa shape index (κ3) is 4.24. The molecule has 0 aliphatic rings. The van der Waals surface area contributed by atoms with Crippen molar-refractivity contribution in [2.24, 2.45) is 10.9 Å². The molecule has 0 heterocycles. The van der Waals surface area contributed by atoms with Gasteiger partial charge in [-0.25, -0.2) is 4.79 Å². The summed E-state index contributed by atoms with van der Waals surface area (Å²) in [4.78, 5) is 16.4. The normalized spacial score (nSPS) is 11.1. The van der Waals surface area contributed by atoms with Crippen LogP contribution in [0.25, 0.3) is 0 Å². The molecular formula is C16H16N2O2. The number of nitrogens with zero attached hydrogens (tertiary/aromatic N) is 1. The van der Waals surface area contributed by atoms with Gasteiger partial charge >= 0.3 is 5.97 Å². The zero-order valence-electron chi connectivity index (χ0n) is 11.0. The van der Waals surface area contributed by atoms with Gasteiger partial charge in [-0.3, -0.25) is 0 Å². The average molecular weight is 268 g/mol. The second kappa shape index (κ2) is 7.09. The fourth-order valence-corrected chi connectivity index (χ4v) is 1.70. The van der Waals surface area contributed by atoms with Crippen molar-refractivity contribution in [3.63, 3.8) is 0 Å². The lowest BCUT2D eigenvalue weighted by Crippen LogP contribution is -2.15. The van der Waals surface area contributed by atoms with E-state index in [1.807, 2.05) is 48.5 Å². The Hall–Kier alpha value is -2.62. The van der Waals surface area contributed by atoms with Gasteiger partial charge in [0.2, 0.25) is 0 Å². The predicted octanol–water partition coefficient (Wildman–Crippen LogP) is 2.48. The number of carbonyl (C=O) groups is 1. The van der Waals surface area contributed by atoms with E-state index >= 15 is 0 Å². The first-order valence-electron chi connectivity index (χ1n) is 6.38. The van der Waals surface area contributed by atoms with Crippen molar-refractivity contribution < 1.29 is 9.63 Å². The van der Waals surface area contributed by atoms with E-state index in [1.165, 1.54) is 0 Å². The molecule has 0 spiro atoms. The van der Waals surface area contributed by atoms with Crippen molar-refractivity contribution in [1.82, 2.24) is 0 Å². The molecule has 102 valence electrons. The van der Waals surface area contributed by atoms with Gasteiger partial charge in [0.1, 0.15) is 0 Å². The summed E-state index contributed by atoms with van der Waals surface area (Å²) in [7, 11) is 0. The smallest absolute Gasteiger partial charge is 0.335 e. The molecule has 2 rings (SSSR count). The fourth-order valence-electron chi connectivity index (χ4n) is 1.70. The second-order valence-corrected chi connectivity index (χ2v) is 4.29. The van der Waals surface area contributed by atoms with Crippen LogP contribution in [-0.4, -0.2) is 11.8 Å². The molecule has 0 fully saturated rings. The van der Waals surface area contributed by atoms with Gasteiger partial charge in [0.15, 0.2) is 5.84 Å². The molecule has 0 radical (unpaired) electrons. The maximum absolute atomic E-state index is 11.6. The first-order valence-corrected chi connectivity index (χ1v) is 6.38. The first-order chi connectivity index (χ1) is 9.75. The minimum atomic E-state index is -0.396. The van der Waals surface area contributed by atoms with Gasteiger partial charge in [-0.15, -0.1) is 0 Å². The van der Waals surface area contributed by atoms with Gasteiger partial charge in [0.05, 0.1) is 6.42 Å². The van der Waals surface area contributed by atoms with Crippen molar-refractivity contribution in [3.8, 4) is 0 Å². The third-order valence-electron chi connectivity index (χ3n) is 2.78. The van der Waals surface area contributed by atoms with Crippen LogP contribution in [0.1, 0.15) is 17.5 Å². The summed E-state index contributed by atoms with van der Waals surface area (Å²) in [5, 5.41) is 3.65. The number of amidine groups is 1. The van der Waals surface area contributed by atoms with Crippen LogP contribution in [0.15, 0.2) is 65.8 Å². The van der Waals surface area contributed by atoms with Crippen LogP contribution in [0.2, 0.25) is 0 Å². The largest absolute Gasteiger partial charge is 0.380 e. The molecule has 0 aromatic heterocycles. The Morgan fingerprint density at radius 3 is 2.25 bits per heavy atom. The van der Waals surface area contributed by atoms with E-state index in [0.717, 1.165) is 11.1 Å². The predicted molar refractivity (Wildman–Crippen MR) is 78.0 cm³/mol. The fraction of sp³-hybridized carbons (Fsp3) is 0.125. The van der Waals surface area contributed by atoms with Crippen molar-refractivity contribution in [2.75, 3.05) is 0 Å². The number of carbonyl (C=O) groups excluding carboxylic acids is 1. The molecule has 0 amide bonds. The van der Waals surface area contributed by atoms with Gasteiger partial charge in [0, 0.05) is 5.56 Å². The highest BCUT2D eigenvalue weighted by Gasteiger charge is 2.04. The van der Waals surface area contributed by atoms with Crippen LogP contribution < -0.4 is 5.73 Å². The molecule has 4 nitrogen and oxygen atoms in total. The number of hydrogen-bond donors (Lipinski definition) is 1. The van der Waals surface area contributed by atoms with E-state index in [-0.39, 0.29) is 12.3 Å². The maximum atomic E-state index is 11.6. The summed E-state index contributed by atoms with van der Waals surface area (Å²) in [5.74, 6) is -0.202. The highest BCUT2D eigenvalue weighted by Crippen LogP contribution is 2.04. The van der Waals surface area contributed by atoms with Gasteiger partial charge in [-0.2, -0.15) is 0 Å². The van der Waals surface area contributed by atoms with E-state index < -0.39 is 5.97 Å². The SMILES string of the molecule is N/C(=N/OC(=O)CCc1ccccc1)c1ccccc1. The minimum absolute atomic E-state index is 0.193. The molecule has 0 unspecified atom stereocenters.